The maximum Gasteiger partial charge on any atom is 0.113 e. The normalized spacial score (nSPS) is 24.6. The van der Waals surface area contributed by atoms with Crippen LogP contribution in [0.3, 0.4) is 0 Å². The van der Waals surface area contributed by atoms with E-state index < -0.39 is 0 Å². The SMILES string of the molecule is CC(N)(c1nc2c(s1)CCC2)C1CCCC1. The predicted octanol–water partition coefficient (Wildman–Crippen LogP) is 3.00. The molecule has 0 amide bonds. The van der Waals surface area contributed by atoms with E-state index in [1.54, 1.807) is 0 Å². The van der Waals surface area contributed by atoms with Gasteiger partial charge in [-0.15, -0.1) is 11.3 Å². The van der Waals surface area contributed by atoms with Crippen molar-refractivity contribution in [2.75, 3.05) is 0 Å². The number of thiazole rings is 1. The van der Waals surface area contributed by atoms with Crippen LogP contribution in [0, 0.1) is 5.92 Å². The fourth-order valence-electron chi connectivity index (χ4n) is 3.12. The van der Waals surface area contributed by atoms with Gasteiger partial charge in [0.05, 0.1) is 11.2 Å². The lowest BCUT2D eigenvalue weighted by Crippen LogP contribution is -2.40. The van der Waals surface area contributed by atoms with E-state index in [0.29, 0.717) is 5.92 Å². The van der Waals surface area contributed by atoms with Gasteiger partial charge in [0.25, 0.3) is 0 Å². The summed E-state index contributed by atoms with van der Waals surface area (Å²) in [5.41, 5.74) is 7.72. The Bertz CT molecular complexity index is 367. The van der Waals surface area contributed by atoms with Crippen molar-refractivity contribution in [2.24, 2.45) is 11.7 Å². The number of aryl methyl sites for hydroxylation is 2. The van der Waals surface area contributed by atoms with Crippen LogP contribution >= 0.6 is 11.3 Å². The Kier molecular flexibility index (Phi) is 2.55. The average molecular weight is 236 g/mol. The molecule has 2 nitrogen and oxygen atoms in total. The molecule has 2 aliphatic rings. The molecule has 2 aliphatic carbocycles. The fraction of sp³-hybridized carbons (Fsp3) is 0.769. The van der Waals surface area contributed by atoms with Gasteiger partial charge in [-0.25, -0.2) is 4.98 Å². The molecule has 0 aliphatic heterocycles. The molecule has 1 aromatic heterocycles. The van der Waals surface area contributed by atoms with Crippen LogP contribution in [0.2, 0.25) is 0 Å². The van der Waals surface area contributed by atoms with E-state index in [4.69, 9.17) is 10.7 Å². The number of rotatable bonds is 2. The lowest BCUT2D eigenvalue weighted by Gasteiger charge is -2.29. The molecule has 88 valence electrons. The third-order valence-corrected chi connectivity index (χ3v) is 5.67. The van der Waals surface area contributed by atoms with Gasteiger partial charge in [-0.2, -0.15) is 0 Å². The summed E-state index contributed by atoms with van der Waals surface area (Å²) in [4.78, 5) is 6.30. The standard InChI is InChI=1S/C13H20N2S/c1-13(14,9-5-2-3-6-9)12-15-10-7-4-8-11(10)16-12/h9H,2-8,14H2,1H3. The summed E-state index contributed by atoms with van der Waals surface area (Å²) in [7, 11) is 0. The van der Waals surface area contributed by atoms with Gasteiger partial charge in [-0.1, -0.05) is 12.8 Å². The largest absolute Gasteiger partial charge is 0.319 e. The van der Waals surface area contributed by atoms with Crippen LogP contribution in [0.5, 0.6) is 0 Å². The van der Waals surface area contributed by atoms with Crippen LogP contribution in [-0.4, -0.2) is 4.98 Å². The van der Waals surface area contributed by atoms with Crippen LogP contribution < -0.4 is 5.73 Å². The summed E-state index contributed by atoms with van der Waals surface area (Å²) in [6.07, 6.45) is 8.97. The van der Waals surface area contributed by atoms with Gasteiger partial charge in [-0.3, -0.25) is 0 Å². The van der Waals surface area contributed by atoms with Gasteiger partial charge in [0, 0.05) is 4.88 Å². The molecule has 1 fully saturated rings. The second-order valence-corrected chi connectivity index (χ2v) is 6.59. The fourth-order valence-corrected chi connectivity index (χ4v) is 4.41. The maximum absolute atomic E-state index is 6.55. The smallest absolute Gasteiger partial charge is 0.113 e. The number of aromatic nitrogens is 1. The lowest BCUT2D eigenvalue weighted by molar-refractivity contribution is 0.305. The molecule has 16 heavy (non-hydrogen) atoms. The minimum Gasteiger partial charge on any atom is -0.319 e. The van der Waals surface area contributed by atoms with E-state index in [9.17, 15) is 0 Å². The lowest BCUT2D eigenvalue weighted by atomic mass is 9.86. The van der Waals surface area contributed by atoms with E-state index >= 15 is 0 Å². The van der Waals surface area contributed by atoms with E-state index in [2.05, 4.69) is 6.92 Å². The Balaban J connectivity index is 1.89. The molecule has 3 heteroatoms. The van der Waals surface area contributed by atoms with Gasteiger partial charge in [0.15, 0.2) is 0 Å². The van der Waals surface area contributed by atoms with Crippen molar-refractivity contribution in [3.05, 3.63) is 15.6 Å². The zero-order valence-corrected chi connectivity index (χ0v) is 10.8. The van der Waals surface area contributed by atoms with E-state index in [-0.39, 0.29) is 5.54 Å². The zero-order chi connectivity index (χ0) is 11.2. The molecule has 1 unspecified atom stereocenters. The second kappa shape index (κ2) is 3.81. The van der Waals surface area contributed by atoms with Gasteiger partial charge >= 0.3 is 0 Å². The first kappa shape index (κ1) is 10.7. The van der Waals surface area contributed by atoms with Crippen molar-refractivity contribution in [3.63, 3.8) is 0 Å². The molecule has 1 heterocycles. The third-order valence-electron chi connectivity index (χ3n) is 4.26. The zero-order valence-electron chi connectivity index (χ0n) is 9.96. The number of nitrogens with zero attached hydrogens (tertiary/aromatic N) is 1. The topological polar surface area (TPSA) is 38.9 Å². The molecule has 3 rings (SSSR count). The van der Waals surface area contributed by atoms with E-state index in [1.165, 1.54) is 60.5 Å². The first-order valence-corrected chi connectivity index (χ1v) is 7.27. The first-order chi connectivity index (χ1) is 7.68. The van der Waals surface area contributed by atoms with Crippen molar-refractivity contribution in [2.45, 2.75) is 57.4 Å². The number of hydrogen-bond acceptors (Lipinski definition) is 3. The molecule has 1 saturated carbocycles. The van der Waals surface area contributed by atoms with Crippen LogP contribution in [0.4, 0.5) is 0 Å². The van der Waals surface area contributed by atoms with Gasteiger partial charge in [0.2, 0.25) is 0 Å². The van der Waals surface area contributed by atoms with Crippen LogP contribution in [0.25, 0.3) is 0 Å². The molecule has 1 atom stereocenters. The molecule has 0 aromatic carbocycles. The Morgan fingerprint density at radius 2 is 2.00 bits per heavy atom. The highest BCUT2D eigenvalue weighted by atomic mass is 32.1. The minimum atomic E-state index is -0.175. The Hall–Kier alpha value is -0.410. The highest BCUT2D eigenvalue weighted by Gasteiger charge is 2.37. The van der Waals surface area contributed by atoms with Gasteiger partial charge < -0.3 is 5.73 Å². The molecule has 0 saturated heterocycles. The monoisotopic (exact) mass is 236 g/mol. The van der Waals surface area contributed by atoms with Crippen molar-refractivity contribution in [3.8, 4) is 0 Å². The van der Waals surface area contributed by atoms with E-state index in [1.807, 2.05) is 11.3 Å². The molecule has 1 aromatic rings. The van der Waals surface area contributed by atoms with Gasteiger partial charge in [0.1, 0.15) is 5.01 Å². The third kappa shape index (κ3) is 1.61. The summed E-state index contributed by atoms with van der Waals surface area (Å²) in [6, 6.07) is 0. The number of nitrogens with two attached hydrogens (primary N) is 1. The predicted molar refractivity (Wildman–Crippen MR) is 67.6 cm³/mol. The number of fused-ring (bicyclic) bond motifs is 1. The van der Waals surface area contributed by atoms with Crippen LogP contribution in [0.1, 0.15) is 54.6 Å². The molecule has 0 spiro atoms. The summed E-state index contributed by atoms with van der Waals surface area (Å²) in [6.45, 7) is 2.19. The molecule has 0 bridgehead atoms. The summed E-state index contributed by atoms with van der Waals surface area (Å²) in [5, 5.41) is 1.20. The average Bonchev–Trinajstić information content (AvgIpc) is 2.94. The summed E-state index contributed by atoms with van der Waals surface area (Å²) < 4.78 is 0. The van der Waals surface area contributed by atoms with Crippen molar-refractivity contribution >= 4 is 11.3 Å². The molecular weight excluding hydrogens is 216 g/mol. The van der Waals surface area contributed by atoms with Crippen molar-refractivity contribution < 1.29 is 0 Å². The Morgan fingerprint density at radius 1 is 1.25 bits per heavy atom. The summed E-state index contributed by atoms with van der Waals surface area (Å²) in [5.74, 6) is 0.652. The van der Waals surface area contributed by atoms with Crippen LogP contribution in [-0.2, 0) is 18.4 Å². The van der Waals surface area contributed by atoms with Crippen LogP contribution in [0.15, 0.2) is 0 Å². The molecule has 0 radical (unpaired) electrons. The van der Waals surface area contributed by atoms with Crippen molar-refractivity contribution in [1.29, 1.82) is 0 Å². The molecule has 2 N–H and O–H groups in total. The quantitative estimate of drug-likeness (QED) is 0.857. The highest BCUT2D eigenvalue weighted by Crippen LogP contribution is 2.41. The first-order valence-electron chi connectivity index (χ1n) is 6.46. The number of hydrogen-bond donors (Lipinski definition) is 1. The maximum atomic E-state index is 6.55. The second-order valence-electron chi connectivity index (χ2n) is 5.51. The van der Waals surface area contributed by atoms with Crippen molar-refractivity contribution in [1.82, 2.24) is 4.98 Å². The Morgan fingerprint density at radius 3 is 2.69 bits per heavy atom. The highest BCUT2D eigenvalue weighted by molar-refractivity contribution is 7.12. The van der Waals surface area contributed by atoms with Gasteiger partial charge in [-0.05, 0) is 44.9 Å². The van der Waals surface area contributed by atoms with E-state index in [0.717, 1.165) is 0 Å². The Labute approximate surface area is 101 Å². The molecular formula is C13H20N2S. The minimum absolute atomic E-state index is 0.175. The summed E-state index contributed by atoms with van der Waals surface area (Å²) >= 11 is 1.88.